The van der Waals surface area contributed by atoms with Crippen LogP contribution in [0.4, 0.5) is 4.79 Å². The van der Waals surface area contributed by atoms with Crippen LogP contribution in [0.5, 0.6) is 0 Å². The van der Waals surface area contributed by atoms with Gasteiger partial charge in [0.2, 0.25) is 0 Å². The summed E-state index contributed by atoms with van der Waals surface area (Å²) in [6, 6.07) is 0.347. The normalized spacial score (nSPS) is 33.4. The van der Waals surface area contributed by atoms with Crippen molar-refractivity contribution in [3.05, 3.63) is 0 Å². The Morgan fingerprint density at radius 2 is 1.76 bits per heavy atom. The first-order valence-electron chi connectivity index (χ1n) is 6.56. The van der Waals surface area contributed by atoms with Crippen LogP contribution >= 0.6 is 0 Å². The van der Waals surface area contributed by atoms with Gasteiger partial charge in [-0.25, -0.2) is 4.79 Å². The topological polar surface area (TPSA) is 49.8 Å². The van der Waals surface area contributed by atoms with Crippen molar-refractivity contribution >= 4 is 6.09 Å². The van der Waals surface area contributed by atoms with Crippen molar-refractivity contribution in [2.24, 2.45) is 0 Å². The van der Waals surface area contributed by atoms with E-state index in [1.807, 2.05) is 25.7 Å². The minimum Gasteiger partial charge on any atom is -0.444 e. The van der Waals surface area contributed by atoms with Gasteiger partial charge < -0.3 is 14.7 Å². The fraction of sp³-hybridized carbons (Fsp3) is 0.923. The van der Waals surface area contributed by atoms with Gasteiger partial charge in [0.15, 0.2) is 0 Å². The lowest BCUT2D eigenvalue weighted by Gasteiger charge is -2.47. The predicted molar refractivity (Wildman–Crippen MR) is 64.7 cm³/mol. The maximum atomic E-state index is 12.2. The third kappa shape index (κ3) is 2.92. The summed E-state index contributed by atoms with van der Waals surface area (Å²) in [6.45, 7) is 5.67. The van der Waals surface area contributed by atoms with E-state index in [4.69, 9.17) is 4.74 Å². The zero-order valence-corrected chi connectivity index (χ0v) is 11.0. The van der Waals surface area contributed by atoms with Crippen LogP contribution in [0.2, 0.25) is 0 Å². The second kappa shape index (κ2) is 4.48. The number of hydrogen-bond acceptors (Lipinski definition) is 3. The van der Waals surface area contributed by atoms with Crippen molar-refractivity contribution in [1.29, 1.82) is 0 Å². The Kier molecular flexibility index (Phi) is 3.34. The van der Waals surface area contributed by atoms with Crippen LogP contribution in [-0.2, 0) is 4.74 Å². The van der Waals surface area contributed by atoms with Crippen LogP contribution in [0.15, 0.2) is 0 Å². The Bertz CT molecular complexity index is 284. The highest BCUT2D eigenvalue weighted by molar-refractivity contribution is 5.69. The fourth-order valence-electron chi connectivity index (χ4n) is 2.97. The number of aliphatic hydroxyl groups is 1. The lowest BCUT2D eigenvalue weighted by molar-refractivity contribution is -0.0455. The molecule has 0 radical (unpaired) electrons. The van der Waals surface area contributed by atoms with Crippen molar-refractivity contribution in [3.63, 3.8) is 0 Å². The molecular weight excluding hydrogens is 218 g/mol. The second-order valence-corrected chi connectivity index (χ2v) is 6.25. The Labute approximate surface area is 103 Å². The number of amides is 1. The SMILES string of the molecule is CC(C)(C)OC(=O)N1[C@@H]2CCC[C@H]1C[C@H](O)C2. The average Bonchev–Trinajstić information content (AvgIpc) is 2.12. The van der Waals surface area contributed by atoms with Gasteiger partial charge in [0.1, 0.15) is 5.60 Å². The summed E-state index contributed by atoms with van der Waals surface area (Å²) in [7, 11) is 0. The number of fused-ring (bicyclic) bond motifs is 2. The molecule has 98 valence electrons. The summed E-state index contributed by atoms with van der Waals surface area (Å²) in [6.07, 6.45) is 4.09. The number of piperidine rings is 2. The van der Waals surface area contributed by atoms with Crippen LogP contribution in [0.3, 0.4) is 0 Å². The highest BCUT2D eigenvalue weighted by Gasteiger charge is 2.41. The lowest BCUT2D eigenvalue weighted by Crippen LogP contribution is -2.56. The number of nitrogens with zero attached hydrogens (tertiary/aromatic N) is 1. The minimum absolute atomic E-state index is 0.173. The third-order valence-electron chi connectivity index (χ3n) is 3.55. The number of carbonyl (C=O) groups is 1. The van der Waals surface area contributed by atoms with Crippen molar-refractivity contribution < 1.29 is 14.6 Å². The lowest BCUT2D eigenvalue weighted by atomic mass is 9.83. The minimum atomic E-state index is -0.443. The number of rotatable bonds is 0. The Hall–Kier alpha value is -0.770. The second-order valence-electron chi connectivity index (χ2n) is 6.25. The molecule has 3 atom stereocenters. The van der Waals surface area contributed by atoms with Crippen LogP contribution < -0.4 is 0 Å². The fourth-order valence-corrected chi connectivity index (χ4v) is 2.97. The Morgan fingerprint density at radius 3 is 2.24 bits per heavy atom. The van der Waals surface area contributed by atoms with Gasteiger partial charge in [-0.05, 0) is 52.9 Å². The zero-order valence-electron chi connectivity index (χ0n) is 11.0. The summed E-state index contributed by atoms with van der Waals surface area (Å²) < 4.78 is 5.45. The van der Waals surface area contributed by atoms with E-state index < -0.39 is 5.60 Å². The number of aliphatic hydroxyl groups excluding tert-OH is 1. The summed E-state index contributed by atoms with van der Waals surface area (Å²) in [4.78, 5) is 14.0. The van der Waals surface area contributed by atoms with Gasteiger partial charge in [-0.15, -0.1) is 0 Å². The summed E-state index contributed by atoms with van der Waals surface area (Å²) >= 11 is 0. The molecule has 0 spiro atoms. The first-order chi connectivity index (χ1) is 7.87. The maximum Gasteiger partial charge on any atom is 0.410 e. The first-order valence-corrected chi connectivity index (χ1v) is 6.56. The summed E-state index contributed by atoms with van der Waals surface area (Å²) in [5.74, 6) is 0. The van der Waals surface area contributed by atoms with Crippen LogP contribution in [0.1, 0.15) is 52.9 Å². The van der Waals surface area contributed by atoms with Crippen molar-refractivity contribution in [1.82, 2.24) is 4.90 Å². The standard InChI is InChI=1S/C13H23NO3/c1-13(2,3)17-12(16)14-9-5-4-6-10(14)8-11(15)7-9/h9-11,15H,4-8H2,1-3H3/t9-,10+,11-. The maximum absolute atomic E-state index is 12.2. The van der Waals surface area contributed by atoms with Crippen LogP contribution in [0.25, 0.3) is 0 Å². The molecule has 2 heterocycles. The molecular formula is C13H23NO3. The molecule has 0 aromatic heterocycles. The van der Waals surface area contributed by atoms with Crippen molar-refractivity contribution in [2.75, 3.05) is 0 Å². The highest BCUT2D eigenvalue weighted by atomic mass is 16.6. The molecule has 0 aliphatic carbocycles. The molecule has 0 aromatic carbocycles. The molecule has 0 unspecified atom stereocenters. The molecule has 17 heavy (non-hydrogen) atoms. The van der Waals surface area contributed by atoms with E-state index in [1.54, 1.807) is 0 Å². The molecule has 1 N–H and O–H groups in total. The van der Waals surface area contributed by atoms with Gasteiger partial charge in [-0.1, -0.05) is 0 Å². The largest absolute Gasteiger partial charge is 0.444 e. The van der Waals surface area contributed by atoms with Crippen molar-refractivity contribution in [2.45, 2.75) is 76.7 Å². The molecule has 2 saturated heterocycles. The zero-order chi connectivity index (χ0) is 12.6. The van der Waals surface area contributed by atoms with E-state index in [2.05, 4.69) is 0 Å². The first kappa shape index (κ1) is 12.7. The molecule has 4 nitrogen and oxygen atoms in total. The molecule has 0 saturated carbocycles. The molecule has 2 aliphatic heterocycles. The Morgan fingerprint density at radius 1 is 1.24 bits per heavy atom. The number of carbonyl (C=O) groups excluding carboxylic acids is 1. The highest BCUT2D eigenvalue weighted by Crippen LogP contribution is 2.35. The summed E-state index contributed by atoms with van der Waals surface area (Å²) in [5.41, 5.74) is -0.443. The molecule has 1 amide bonds. The van der Waals surface area contributed by atoms with Crippen LogP contribution in [-0.4, -0.2) is 39.9 Å². The molecule has 2 rings (SSSR count). The summed E-state index contributed by atoms with van der Waals surface area (Å²) in [5, 5.41) is 9.77. The predicted octanol–water partition coefficient (Wildman–Crippen LogP) is 2.30. The van der Waals surface area contributed by atoms with Gasteiger partial charge in [0.25, 0.3) is 0 Å². The van der Waals surface area contributed by atoms with Gasteiger partial charge in [0, 0.05) is 12.1 Å². The Balaban J connectivity index is 2.07. The van der Waals surface area contributed by atoms with E-state index in [9.17, 15) is 9.90 Å². The van der Waals surface area contributed by atoms with E-state index in [0.717, 1.165) is 19.3 Å². The quantitative estimate of drug-likeness (QED) is 0.708. The van der Waals surface area contributed by atoms with E-state index in [-0.39, 0.29) is 24.3 Å². The monoisotopic (exact) mass is 241 g/mol. The number of hydrogen-bond donors (Lipinski definition) is 1. The molecule has 2 aliphatic rings. The van der Waals surface area contributed by atoms with Crippen LogP contribution in [0, 0.1) is 0 Å². The van der Waals surface area contributed by atoms with Crippen molar-refractivity contribution in [3.8, 4) is 0 Å². The third-order valence-corrected chi connectivity index (χ3v) is 3.55. The molecule has 2 bridgehead atoms. The molecule has 2 fully saturated rings. The van der Waals surface area contributed by atoms with Gasteiger partial charge in [-0.2, -0.15) is 0 Å². The van der Waals surface area contributed by atoms with E-state index in [0.29, 0.717) is 12.8 Å². The average molecular weight is 241 g/mol. The van der Waals surface area contributed by atoms with E-state index in [1.165, 1.54) is 0 Å². The van der Waals surface area contributed by atoms with E-state index >= 15 is 0 Å². The van der Waals surface area contributed by atoms with Gasteiger partial charge in [0.05, 0.1) is 6.10 Å². The molecule has 4 heteroatoms. The van der Waals surface area contributed by atoms with Gasteiger partial charge >= 0.3 is 6.09 Å². The molecule has 0 aromatic rings. The number of ether oxygens (including phenoxy) is 1. The van der Waals surface area contributed by atoms with Gasteiger partial charge in [-0.3, -0.25) is 0 Å². The smallest absolute Gasteiger partial charge is 0.410 e.